The molecule has 5 heteroatoms. The molecule has 0 bridgehead atoms. The Balaban J connectivity index is 1.97. The summed E-state index contributed by atoms with van der Waals surface area (Å²) in [7, 11) is 0. The quantitative estimate of drug-likeness (QED) is 0.813. The summed E-state index contributed by atoms with van der Waals surface area (Å²) >= 11 is 6.27. The zero-order valence-corrected chi connectivity index (χ0v) is 12.8. The number of nitrogens with zero attached hydrogens (tertiary/aromatic N) is 2. The number of carbonyl (C=O) groups excluding carboxylic acids is 1. The number of halogens is 1. The molecule has 1 saturated heterocycles. The van der Waals surface area contributed by atoms with Gasteiger partial charge in [-0.1, -0.05) is 29.8 Å². The molecule has 0 saturated carbocycles. The predicted molar refractivity (Wildman–Crippen MR) is 82.7 cm³/mol. The molecule has 4 nitrogen and oxygen atoms in total. The molecular formula is C16H17ClN2O2. The number of benzene rings is 1. The van der Waals surface area contributed by atoms with E-state index in [4.69, 9.17) is 16.3 Å². The van der Waals surface area contributed by atoms with E-state index < -0.39 is 0 Å². The van der Waals surface area contributed by atoms with Crippen LogP contribution in [0.4, 0.5) is 0 Å². The van der Waals surface area contributed by atoms with Gasteiger partial charge in [0.2, 0.25) is 0 Å². The van der Waals surface area contributed by atoms with Gasteiger partial charge in [0.25, 0.3) is 5.91 Å². The molecule has 0 radical (unpaired) electrons. The lowest BCUT2D eigenvalue weighted by Crippen LogP contribution is -2.50. The number of amides is 1. The van der Waals surface area contributed by atoms with Crippen molar-refractivity contribution in [2.24, 2.45) is 0 Å². The van der Waals surface area contributed by atoms with E-state index in [-0.39, 0.29) is 18.1 Å². The van der Waals surface area contributed by atoms with Crippen LogP contribution >= 0.6 is 11.6 Å². The molecule has 1 amide bonds. The highest BCUT2D eigenvalue weighted by molar-refractivity contribution is 6.35. The third-order valence-electron chi connectivity index (χ3n) is 3.75. The van der Waals surface area contributed by atoms with Crippen LogP contribution in [0, 0.1) is 0 Å². The lowest BCUT2D eigenvalue weighted by Gasteiger charge is -2.36. The molecule has 110 valence electrons. The van der Waals surface area contributed by atoms with Crippen LogP contribution in [0.1, 0.15) is 24.3 Å². The molecular weight excluding hydrogens is 288 g/mol. The van der Waals surface area contributed by atoms with Crippen molar-refractivity contribution in [1.82, 2.24) is 9.88 Å². The molecule has 2 atom stereocenters. The van der Waals surface area contributed by atoms with E-state index in [1.165, 1.54) is 0 Å². The van der Waals surface area contributed by atoms with Crippen molar-refractivity contribution in [2.75, 3.05) is 13.2 Å². The first-order chi connectivity index (χ1) is 10.1. The molecule has 1 aromatic carbocycles. The Morgan fingerprint density at radius 2 is 2.14 bits per heavy atom. The number of carbonyl (C=O) groups is 1. The van der Waals surface area contributed by atoms with Crippen molar-refractivity contribution < 1.29 is 9.53 Å². The summed E-state index contributed by atoms with van der Waals surface area (Å²) in [5.41, 5.74) is 1.13. The number of aromatic nitrogens is 1. The van der Waals surface area contributed by atoms with Crippen LogP contribution in [0.15, 0.2) is 30.3 Å². The van der Waals surface area contributed by atoms with Crippen LogP contribution in [0.25, 0.3) is 10.9 Å². The highest BCUT2D eigenvalue weighted by Gasteiger charge is 2.29. The summed E-state index contributed by atoms with van der Waals surface area (Å²) < 4.78 is 5.56. The molecule has 2 aromatic rings. The van der Waals surface area contributed by atoms with Crippen molar-refractivity contribution in [3.8, 4) is 0 Å². The third kappa shape index (κ3) is 2.74. The average Bonchev–Trinajstić information content (AvgIpc) is 2.49. The van der Waals surface area contributed by atoms with Gasteiger partial charge in [-0.25, -0.2) is 4.98 Å². The van der Waals surface area contributed by atoms with Gasteiger partial charge >= 0.3 is 0 Å². The van der Waals surface area contributed by atoms with Gasteiger partial charge in [-0.15, -0.1) is 0 Å². The van der Waals surface area contributed by atoms with E-state index in [1.807, 2.05) is 43.0 Å². The Morgan fingerprint density at radius 3 is 2.95 bits per heavy atom. The summed E-state index contributed by atoms with van der Waals surface area (Å²) in [5.74, 6) is -0.0923. The molecule has 0 N–H and O–H groups in total. The maximum Gasteiger partial charge on any atom is 0.272 e. The highest BCUT2D eigenvalue weighted by Crippen LogP contribution is 2.24. The van der Waals surface area contributed by atoms with Crippen LogP contribution in [0.2, 0.25) is 5.02 Å². The summed E-state index contributed by atoms with van der Waals surface area (Å²) in [6, 6.07) is 9.25. The minimum absolute atomic E-state index is 0.0424. The van der Waals surface area contributed by atoms with E-state index in [9.17, 15) is 4.79 Å². The van der Waals surface area contributed by atoms with Crippen molar-refractivity contribution in [1.29, 1.82) is 0 Å². The predicted octanol–water partition coefficient (Wildman–Crippen LogP) is 3.14. The summed E-state index contributed by atoms with van der Waals surface area (Å²) in [4.78, 5) is 19.0. The molecule has 3 rings (SSSR count). The Hall–Kier alpha value is -1.65. The molecule has 0 spiro atoms. The fourth-order valence-electron chi connectivity index (χ4n) is 2.58. The van der Waals surface area contributed by atoms with Gasteiger partial charge < -0.3 is 9.64 Å². The summed E-state index contributed by atoms with van der Waals surface area (Å²) in [6.07, 6.45) is 0.0427. The topological polar surface area (TPSA) is 42.4 Å². The van der Waals surface area contributed by atoms with E-state index >= 15 is 0 Å². The summed E-state index contributed by atoms with van der Waals surface area (Å²) in [5, 5.41) is 1.41. The van der Waals surface area contributed by atoms with E-state index in [0.717, 1.165) is 10.9 Å². The van der Waals surface area contributed by atoms with E-state index in [2.05, 4.69) is 4.98 Å². The second-order valence-electron chi connectivity index (χ2n) is 5.46. The number of fused-ring (bicyclic) bond motifs is 1. The zero-order valence-electron chi connectivity index (χ0n) is 12.0. The standard InChI is InChI=1S/C16H17ClN2O2/c1-10-9-21-11(2)8-19(10)16(20)15-7-13(17)12-5-3-4-6-14(12)18-15/h3-7,10-11H,8-9H2,1-2H3. The Morgan fingerprint density at radius 1 is 1.38 bits per heavy atom. The normalized spacial score (nSPS) is 22.5. The van der Waals surface area contributed by atoms with Gasteiger partial charge in [0.05, 0.1) is 29.3 Å². The minimum atomic E-state index is -0.0923. The number of pyridine rings is 1. The maximum absolute atomic E-state index is 12.7. The Labute approximate surface area is 128 Å². The molecule has 21 heavy (non-hydrogen) atoms. The average molecular weight is 305 g/mol. The molecule has 1 aliphatic rings. The van der Waals surface area contributed by atoms with Crippen LogP contribution in [-0.4, -0.2) is 41.1 Å². The Kier molecular flexibility index (Phi) is 3.83. The minimum Gasteiger partial charge on any atom is -0.375 e. The molecule has 1 aromatic heterocycles. The fourth-order valence-corrected chi connectivity index (χ4v) is 2.84. The third-order valence-corrected chi connectivity index (χ3v) is 4.07. The van der Waals surface area contributed by atoms with Crippen LogP contribution < -0.4 is 0 Å². The van der Waals surface area contributed by atoms with Gasteiger partial charge in [-0.05, 0) is 26.0 Å². The molecule has 0 aliphatic carbocycles. The first-order valence-corrected chi connectivity index (χ1v) is 7.42. The second-order valence-corrected chi connectivity index (χ2v) is 5.86. The van der Waals surface area contributed by atoms with Gasteiger partial charge in [0, 0.05) is 11.9 Å². The maximum atomic E-state index is 12.7. The van der Waals surface area contributed by atoms with Gasteiger partial charge in [0.15, 0.2) is 0 Å². The smallest absolute Gasteiger partial charge is 0.272 e. The van der Waals surface area contributed by atoms with Crippen LogP contribution in [-0.2, 0) is 4.74 Å². The SMILES string of the molecule is CC1CN(C(=O)c2cc(Cl)c3ccccc3n2)C(C)CO1. The molecule has 2 heterocycles. The fraction of sp³-hybridized carbons (Fsp3) is 0.375. The van der Waals surface area contributed by atoms with Crippen molar-refractivity contribution >= 4 is 28.4 Å². The van der Waals surface area contributed by atoms with E-state index in [1.54, 1.807) is 6.07 Å². The monoisotopic (exact) mass is 304 g/mol. The number of hydrogen-bond acceptors (Lipinski definition) is 3. The summed E-state index contributed by atoms with van der Waals surface area (Å²) in [6.45, 7) is 5.07. The van der Waals surface area contributed by atoms with Crippen LogP contribution in [0.3, 0.4) is 0 Å². The first-order valence-electron chi connectivity index (χ1n) is 7.04. The largest absolute Gasteiger partial charge is 0.375 e. The lowest BCUT2D eigenvalue weighted by molar-refractivity contribution is -0.0388. The second kappa shape index (κ2) is 5.62. The van der Waals surface area contributed by atoms with Gasteiger partial charge in [0.1, 0.15) is 5.69 Å². The number of ether oxygens (including phenoxy) is 1. The zero-order chi connectivity index (χ0) is 15.0. The van der Waals surface area contributed by atoms with Crippen molar-refractivity contribution in [3.05, 3.63) is 41.0 Å². The van der Waals surface area contributed by atoms with Gasteiger partial charge in [-0.2, -0.15) is 0 Å². The number of morpholine rings is 1. The van der Waals surface area contributed by atoms with E-state index in [0.29, 0.717) is 23.9 Å². The van der Waals surface area contributed by atoms with Crippen LogP contribution in [0.5, 0.6) is 0 Å². The molecule has 1 aliphatic heterocycles. The number of rotatable bonds is 1. The number of para-hydroxylation sites is 1. The van der Waals surface area contributed by atoms with Crippen molar-refractivity contribution in [2.45, 2.75) is 26.0 Å². The molecule has 2 unspecified atom stereocenters. The van der Waals surface area contributed by atoms with Crippen molar-refractivity contribution in [3.63, 3.8) is 0 Å². The van der Waals surface area contributed by atoms with Gasteiger partial charge in [-0.3, -0.25) is 4.79 Å². The molecule has 1 fully saturated rings. The number of hydrogen-bond donors (Lipinski definition) is 0. The highest BCUT2D eigenvalue weighted by atomic mass is 35.5. The Bertz CT molecular complexity index is 689. The first kappa shape index (κ1) is 14.3. The lowest BCUT2D eigenvalue weighted by atomic mass is 10.1.